The summed E-state index contributed by atoms with van der Waals surface area (Å²) in [5.41, 5.74) is 5.46. The number of aliphatic hydroxyl groups is 1. The van der Waals surface area contributed by atoms with Crippen LogP contribution >= 0.6 is 0 Å². The monoisotopic (exact) mass is 216 g/mol. The van der Waals surface area contributed by atoms with Crippen molar-refractivity contribution in [2.75, 3.05) is 20.2 Å². The van der Waals surface area contributed by atoms with Crippen LogP contribution in [0.25, 0.3) is 0 Å². The molecule has 0 aromatic heterocycles. The summed E-state index contributed by atoms with van der Waals surface area (Å²) >= 11 is 0. The standard InChI is InChI=1S/C12H28N2O/c1-5-7-11(2)14(4)9-6-8-12(3,13)10-15/h11,15H,5-10,13H2,1-4H3. The summed E-state index contributed by atoms with van der Waals surface area (Å²) in [4.78, 5) is 2.37. The van der Waals surface area contributed by atoms with Crippen LogP contribution in [0.1, 0.15) is 46.5 Å². The van der Waals surface area contributed by atoms with E-state index in [-0.39, 0.29) is 6.61 Å². The smallest absolute Gasteiger partial charge is 0.0608 e. The molecule has 0 bridgehead atoms. The summed E-state index contributed by atoms with van der Waals surface area (Å²) in [6, 6.07) is 0.646. The van der Waals surface area contributed by atoms with Crippen LogP contribution < -0.4 is 5.73 Å². The lowest BCUT2D eigenvalue weighted by Gasteiger charge is -2.27. The second kappa shape index (κ2) is 7.20. The molecule has 0 aliphatic heterocycles. The van der Waals surface area contributed by atoms with Gasteiger partial charge in [-0.1, -0.05) is 13.3 Å². The highest BCUT2D eigenvalue weighted by atomic mass is 16.3. The molecular weight excluding hydrogens is 188 g/mol. The second-order valence-electron chi connectivity index (χ2n) is 5.03. The van der Waals surface area contributed by atoms with E-state index in [1.54, 1.807) is 0 Å². The van der Waals surface area contributed by atoms with E-state index in [1.165, 1.54) is 12.8 Å². The van der Waals surface area contributed by atoms with Gasteiger partial charge in [-0.25, -0.2) is 0 Å². The van der Waals surface area contributed by atoms with Crippen LogP contribution in [-0.2, 0) is 0 Å². The molecule has 0 radical (unpaired) electrons. The Morgan fingerprint density at radius 1 is 1.47 bits per heavy atom. The van der Waals surface area contributed by atoms with Crippen molar-refractivity contribution in [1.29, 1.82) is 0 Å². The molecule has 0 heterocycles. The maximum atomic E-state index is 9.01. The molecule has 0 spiro atoms. The van der Waals surface area contributed by atoms with E-state index in [1.807, 2.05) is 6.92 Å². The molecule has 15 heavy (non-hydrogen) atoms. The first-order valence-electron chi connectivity index (χ1n) is 6.03. The minimum Gasteiger partial charge on any atom is -0.394 e. The summed E-state index contributed by atoms with van der Waals surface area (Å²) in [5.74, 6) is 0. The van der Waals surface area contributed by atoms with Gasteiger partial charge in [0.1, 0.15) is 0 Å². The minimum absolute atomic E-state index is 0.0707. The largest absolute Gasteiger partial charge is 0.394 e. The number of rotatable bonds is 8. The van der Waals surface area contributed by atoms with Gasteiger partial charge in [0.15, 0.2) is 0 Å². The van der Waals surface area contributed by atoms with E-state index < -0.39 is 5.54 Å². The van der Waals surface area contributed by atoms with Crippen molar-refractivity contribution < 1.29 is 5.11 Å². The van der Waals surface area contributed by atoms with E-state index >= 15 is 0 Å². The fraction of sp³-hybridized carbons (Fsp3) is 1.00. The van der Waals surface area contributed by atoms with Gasteiger partial charge in [0.2, 0.25) is 0 Å². The van der Waals surface area contributed by atoms with Crippen LogP contribution in [0.4, 0.5) is 0 Å². The third-order valence-electron chi connectivity index (χ3n) is 3.08. The Kier molecular flexibility index (Phi) is 7.14. The molecule has 0 aromatic rings. The van der Waals surface area contributed by atoms with Crippen LogP contribution in [-0.4, -0.2) is 41.8 Å². The maximum absolute atomic E-state index is 9.01. The Labute approximate surface area is 94.6 Å². The molecule has 3 nitrogen and oxygen atoms in total. The number of nitrogens with two attached hydrogens (primary N) is 1. The fourth-order valence-corrected chi connectivity index (χ4v) is 1.67. The van der Waals surface area contributed by atoms with Crippen LogP contribution in [0.5, 0.6) is 0 Å². The molecule has 0 aliphatic carbocycles. The SMILES string of the molecule is CCCC(C)N(C)CCCC(C)(N)CO. The third-order valence-corrected chi connectivity index (χ3v) is 3.08. The first kappa shape index (κ1) is 14.9. The highest BCUT2D eigenvalue weighted by Gasteiger charge is 2.17. The van der Waals surface area contributed by atoms with E-state index in [9.17, 15) is 0 Å². The zero-order chi connectivity index (χ0) is 11.9. The van der Waals surface area contributed by atoms with Crippen LogP contribution in [0.2, 0.25) is 0 Å². The van der Waals surface area contributed by atoms with Gasteiger partial charge in [-0.3, -0.25) is 0 Å². The topological polar surface area (TPSA) is 49.5 Å². The van der Waals surface area contributed by atoms with E-state index in [4.69, 9.17) is 10.8 Å². The molecular formula is C12H28N2O. The second-order valence-corrected chi connectivity index (χ2v) is 5.03. The molecule has 0 saturated carbocycles. The van der Waals surface area contributed by atoms with Crippen molar-refractivity contribution >= 4 is 0 Å². The number of nitrogens with zero attached hydrogens (tertiary/aromatic N) is 1. The molecule has 0 aromatic carbocycles. The quantitative estimate of drug-likeness (QED) is 0.648. The van der Waals surface area contributed by atoms with E-state index in [2.05, 4.69) is 25.8 Å². The molecule has 0 rings (SSSR count). The van der Waals surface area contributed by atoms with Crippen LogP contribution in [0.15, 0.2) is 0 Å². The minimum atomic E-state index is -0.408. The number of aliphatic hydroxyl groups excluding tert-OH is 1. The normalized spacial score (nSPS) is 17.8. The summed E-state index contributed by atoms with van der Waals surface area (Å²) in [7, 11) is 2.16. The highest BCUT2D eigenvalue weighted by molar-refractivity contribution is 4.77. The summed E-state index contributed by atoms with van der Waals surface area (Å²) in [6.07, 6.45) is 4.41. The Morgan fingerprint density at radius 3 is 2.53 bits per heavy atom. The summed E-state index contributed by atoms with van der Waals surface area (Å²) in [6.45, 7) is 7.52. The molecule has 2 atom stereocenters. The number of hydrogen-bond acceptors (Lipinski definition) is 3. The molecule has 0 amide bonds. The van der Waals surface area contributed by atoms with Crippen LogP contribution in [0.3, 0.4) is 0 Å². The Balaban J connectivity index is 3.67. The van der Waals surface area contributed by atoms with Gasteiger partial charge in [0, 0.05) is 11.6 Å². The highest BCUT2D eigenvalue weighted by Crippen LogP contribution is 2.10. The van der Waals surface area contributed by atoms with Gasteiger partial charge >= 0.3 is 0 Å². The van der Waals surface area contributed by atoms with Crippen molar-refractivity contribution in [3.05, 3.63) is 0 Å². The first-order valence-corrected chi connectivity index (χ1v) is 6.03. The van der Waals surface area contributed by atoms with Gasteiger partial charge in [-0.05, 0) is 46.7 Å². The summed E-state index contributed by atoms with van der Waals surface area (Å²) in [5, 5.41) is 9.01. The zero-order valence-corrected chi connectivity index (χ0v) is 10.8. The first-order chi connectivity index (χ1) is 6.93. The maximum Gasteiger partial charge on any atom is 0.0608 e. The molecule has 0 aliphatic rings. The van der Waals surface area contributed by atoms with Gasteiger partial charge in [0.05, 0.1) is 6.61 Å². The molecule has 0 fully saturated rings. The van der Waals surface area contributed by atoms with Gasteiger partial charge in [0.25, 0.3) is 0 Å². The predicted octanol–water partition coefficient (Wildman–Crippen LogP) is 1.60. The van der Waals surface area contributed by atoms with Crippen molar-refractivity contribution in [3.63, 3.8) is 0 Å². The lowest BCUT2D eigenvalue weighted by molar-refractivity contribution is 0.183. The van der Waals surface area contributed by atoms with E-state index in [0.717, 1.165) is 19.4 Å². The Morgan fingerprint density at radius 2 is 2.07 bits per heavy atom. The Hall–Kier alpha value is -0.120. The molecule has 2 unspecified atom stereocenters. The van der Waals surface area contributed by atoms with Crippen molar-refractivity contribution in [1.82, 2.24) is 4.90 Å². The summed E-state index contributed by atoms with van der Waals surface area (Å²) < 4.78 is 0. The van der Waals surface area contributed by atoms with Crippen molar-refractivity contribution in [2.45, 2.75) is 58.0 Å². The molecule has 0 saturated heterocycles. The van der Waals surface area contributed by atoms with Crippen molar-refractivity contribution in [2.24, 2.45) is 5.73 Å². The average Bonchev–Trinajstić information content (AvgIpc) is 2.18. The number of hydrogen-bond donors (Lipinski definition) is 2. The fourth-order valence-electron chi connectivity index (χ4n) is 1.67. The third kappa shape index (κ3) is 6.88. The van der Waals surface area contributed by atoms with E-state index in [0.29, 0.717) is 6.04 Å². The average molecular weight is 216 g/mol. The zero-order valence-electron chi connectivity index (χ0n) is 10.8. The predicted molar refractivity (Wildman–Crippen MR) is 65.9 cm³/mol. The van der Waals surface area contributed by atoms with Crippen molar-refractivity contribution in [3.8, 4) is 0 Å². The van der Waals surface area contributed by atoms with Crippen LogP contribution in [0, 0.1) is 0 Å². The molecule has 3 N–H and O–H groups in total. The van der Waals surface area contributed by atoms with Gasteiger partial charge < -0.3 is 15.7 Å². The lowest BCUT2D eigenvalue weighted by Crippen LogP contribution is -2.41. The molecule has 3 heteroatoms. The van der Waals surface area contributed by atoms with Gasteiger partial charge in [-0.15, -0.1) is 0 Å². The van der Waals surface area contributed by atoms with Gasteiger partial charge in [-0.2, -0.15) is 0 Å². The molecule has 92 valence electrons. The Bertz CT molecular complexity index is 160. The lowest BCUT2D eigenvalue weighted by atomic mass is 9.98.